The summed E-state index contributed by atoms with van der Waals surface area (Å²) >= 11 is 0. The normalized spacial score (nSPS) is 26.9. The molecule has 86 valence electrons. The molecular weight excluding hydrogens is 228 g/mol. The number of guanidine groups is 1. The maximum atomic E-state index is 10.9. The standard InChI is InChI=1S/C5H10N4O5S/c6-5-7-13-15(10,11)14-9(5)8-1-3-12-4-2-8/h1-4H2,(H2,6,7). The number of oxime groups is 1. The molecule has 0 amide bonds. The molecule has 0 aromatic heterocycles. The SMILES string of the molecule is NC1=NOS(=O)(=O)ON1N1CCOCC1. The van der Waals surface area contributed by atoms with Gasteiger partial charge in [-0.25, -0.2) is 4.28 Å². The van der Waals surface area contributed by atoms with Gasteiger partial charge in [0.15, 0.2) is 0 Å². The molecule has 2 rings (SSSR count). The Labute approximate surface area is 86.2 Å². The summed E-state index contributed by atoms with van der Waals surface area (Å²) < 4.78 is 35.5. The fourth-order valence-electron chi connectivity index (χ4n) is 1.18. The summed E-state index contributed by atoms with van der Waals surface area (Å²) in [5.74, 6) is -0.174. The highest BCUT2D eigenvalue weighted by Crippen LogP contribution is 2.12. The lowest BCUT2D eigenvalue weighted by molar-refractivity contribution is -0.195. The number of hydrazine groups is 1. The molecule has 0 spiro atoms. The Morgan fingerprint density at radius 1 is 1.33 bits per heavy atom. The molecule has 10 heteroatoms. The Balaban J connectivity index is 2.13. The largest absolute Gasteiger partial charge is 0.492 e. The van der Waals surface area contributed by atoms with Crippen LogP contribution in [0.4, 0.5) is 0 Å². The Kier molecular flexibility index (Phi) is 2.65. The highest BCUT2D eigenvalue weighted by molar-refractivity contribution is 7.81. The molecule has 0 unspecified atom stereocenters. The summed E-state index contributed by atoms with van der Waals surface area (Å²) in [6, 6.07) is 0. The van der Waals surface area contributed by atoms with Crippen LogP contribution >= 0.6 is 0 Å². The number of rotatable bonds is 1. The lowest BCUT2D eigenvalue weighted by Crippen LogP contribution is -2.56. The molecule has 1 fully saturated rings. The first-order valence-corrected chi connectivity index (χ1v) is 5.51. The van der Waals surface area contributed by atoms with Gasteiger partial charge in [-0.1, -0.05) is 4.28 Å². The van der Waals surface area contributed by atoms with Crippen LogP contribution < -0.4 is 5.73 Å². The van der Waals surface area contributed by atoms with Crippen molar-refractivity contribution in [3.63, 3.8) is 0 Å². The van der Waals surface area contributed by atoms with Crippen LogP contribution in [0.2, 0.25) is 0 Å². The Bertz CT molecular complexity index is 362. The van der Waals surface area contributed by atoms with Crippen molar-refractivity contribution in [2.24, 2.45) is 10.9 Å². The number of hydrogen-bond donors (Lipinski definition) is 1. The van der Waals surface area contributed by atoms with Gasteiger partial charge < -0.3 is 10.5 Å². The van der Waals surface area contributed by atoms with E-state index < -0.39 is 10.4 Å². The van der Waals surface area contributed by atoms with Gasteiger partial charge in [0.25, 0.3) is 5.96 Å². The number of nitrogens with two attached hydrogens (primary N) is 1. The molecule has 0 bridgehead atoms. The van der Waals surface area contributed by atoms with Crippen LogP contribution in [0, 0.1) is 0 Å². The predicted octanol–water partition coefficient (Wildman–Crippen LogP) is -2.03. The minimum Gasteiger partial charge on any atom is -0.379 e. The van der Waals surface area contributed by atoms with Gasteiger partial charge in [-0.3, -0.25) is 0 Å². The van der Waals surface area contributed by atoms with Crippen LogP contribution in [0.5, 0.6) is 0 Å². The summed E-state index contributed by atoms with van der Waals surface area (Å²) in [7, 11) is -4.14. The van der Waals surface area contributed by atoms with Crippen molar-refractivity contribution in [3.05, 3.63) is 0 Å². The molecular formula is C5H10N4O5S. The first-order chi connectivity index (χ1) is 7.08. The molecule has 0 aromatic rings. The molecule has 0 saturated carbocycles. The molecule has 15 heavy (non-hydrogen) atoms. The van der Waals surface area contributed by atoms with Gasteiger partial charge in [-0.15, -0.1) is 5.17 Å². The monoisotopic (exact) mass is 238 g/mol. The molecule has 2 heterocycles. The van der Waals surface area contributed by atoms with Crippen LogP contribution in [-0.4, -0.2) is 50.9 Å². The van der Waals surface area contributed by atoms with Crippen molar-refractivity contribution in [3.8, 4) is 0 Å². The predicted molar refractivity (Wildman–Crippen MR) is 46.9 cm³/mol. The van der Waals surface area contributed by atoms with Crippen molar-refractivity contribution in [1.29, 1.82) is 0 Å². The smallest absolute Gasteiger partial charge is 0.379 e. The van der Waals surface area contributed by atoms with E-state index >= 15 is 0 Å². The third kappa shape index (κ3) is 2.28. The second-order valence-corrected chi connectivity index (χ2v) is 3.96. The molecule has 9 nitrogen and oxygen atoms in total. The van der Waals surface area contributed by atoms with Crippen LogP contribution in [0.25, 0.3) is 0 Å². The molecule has 2 N–H and O–H groups in total. The molecule has 0 aromatic carbocycles. The molecule has 0 aliphatic carbocycles. The highest BCUT2D eigenvalue weighted by atomic mass is 32.3. The maximum Gasteiger partial charge on any atom is 0.492 e. The third-order valence-corrected chi connectivity index (χ3v) is 2.41. The van der Waals surface area contributed by atoms with Gasteiger partial charge in [0.1, 0.15) is 0 Å². The van der Waals surface area contributed by atoms with E-state index in [0.29, 0.717) is 26.3 Å². The minimum absolute atomic E-state index is 0.174. The molecule has 2 aliphatic rings. The summed E-state index contributed by atoms with van der Waals surface area (Å²) in [5, 5.41) is 5.61. The van der Waals surface area contributed by atoms with Crippen molar-refractivity contribution < 1.29 is 21.7 Å². The summed E-state index contributed by atoms with van der Waals surface area (Å²) in [5.41, 5.74) is 5.41. The van der Waals surface area contributed by atoms with E-state index in [2.05, 4.69) is 13.7 Å². The van der Waals surface area contributed by atoms with Crippen molar-refractivity contribution in [2.45, 2.75) is 0 Å². The average molecular weight is 238 g/mol. The quantitative estimate of drug-likeness (QED) is 0.557. The van der Waals surface area contributed by atoms with Crippen LogP contribution in [-0.2, 0) is 23.7 Å². The van der Waals surface area contributed by atoms with Crippen LogP contribution in [0.15, 0.2) is 5.16 Å². The number of ether oxygens (including phenoxy) is 1. The Morgan fingerprint density at radius 3 is 2.67 bits per heavy atom. The Hall–Kier alpha value is -1.10. The zero-order valence-electron chi connectivity index (χ0n) is 7.70. The topological polar surface area (TPSA) is 107 Å². The summed E-state index contributed by atoms with van der Waals surface area (Å²) in [6.45, 7) is 1.86. The van der Waals surface area contributed by atoms with Crippen molar-refractivity contribution >= 4 is 16.4 Å². The van der Waals surface area contributed by atoms with E-state index in [1.807, 2.05) is 0 Å². The van der Waals surface area contributed by atoms with Gasteiger partial charge in [-0.2, -0.15) is 13.4 Å². The van der Waals surface area contributed by atoms with Gasteiger partial charge >= 0.3 is 10.4 Å². The molecule has 2 aliphatic heterocycles. The Morgan fingerprint density at radius 2 is 2.00 bits per heavy atom. The van der Waals surface area contributed by atoms with Crippen LogP contribution in [0.1, 0.15) is 0 Å². The van der Waals surface area contributed by atoms with E-state index in [-0.39, 0.29) is 5.96 Å². The van der Waals surface area contributed by atoms with E-state index in [9.17, 15) is 8.42 Å². The first kappa shape index (κ1) is 10.4. The lowest BCUT2D eigenvalue weighted by atomic mass is 10.5. The lowest BCUT2D eigenvalue weighted by Gasteiger charge is -2.35. The van der Waals surface area contributed by atoms with E-state index in [1.54, 1.807) is 5.01 Å². The van der Waals surface area contributed by atoms with Gasteiger partial charge in [0.2, 0.25) is 0 Å². The fraction of sp³-hybridized carbons (Fsp3) is 0.800. The first-order valence-electron chi connectivity index (χ1n) is 4.18. The van der Waals surface area contributed by atoms with Gasteiger partial charge in [0.05, 0.1) is 13.2 Å². The summed E-state index contributed by atoms with van der Waals surface area (Å²) in [4.78, 5) is 0. The van der Waals surface area contributed by atoms with E-state index in [1.165, 1.54) is 0 Å². The number of hydrogen-bond acceptors (Lipinski definition) is 9. The third-order valence-electron chi connectivity index (χ3n) is 1.82. The minimum atomic E-state index is -4.14. The zero-order chi connectivity index (χ0) is 10.9. The molecule has 0 atom stereocenters. The van der Waals surface area contributed by atoms with Gasteiger partial charge in [0, 0.05) is 13.1 Å². The number of hydroxylamine groups is 1. The number of morpholine rings is 1. The summed E-state index contributed by atoms with van der Waals surface area (Å²) in [6.07, 6.45) is 0. The zero-order valence-corrected chi connectivity index (χ0v) is 8.51. The van der Waals surface area contributed by atoms with E-state index in [0.717, 1.165) is 5.17 Å². The number of nitrogens with zero attached hydrogens (tertiary/aromatic N) is 3. The second-order valence-electron chi connectivity index (χ2n) is 2.85. The molecule has 0 radical (unpaired) electrons. The van der Waals surface area contributed by atoms with Crippen LogP contribution in [0.3, 0.4) is 0 Å². The molecule has 1 saturated heterocycles. The second kappa shape index (κ2) is 3.81. The van der Waals surface area contributed by atoms with Gasteiger partial charge in [-0.05, 0) is 5.16 Å². The average Bonchev–Trinajstić information content (AvgIpc) is 2.23. The van der Waals surface area contributed by atoms with E-state index in [4.69, 9.17) is 10.5 Å². The highest BCUT2D eigenvalue weighted by Gasteiger charge is 2.32. The van der Waals surface area contributed by atoms with Crippen molar-refractivity contribution in [1.82, 2.24) is 10.2 Å². The fourth-order valence-corrected chi connectivity index (χ4v) is 1.72. The van der Waals surface area contributed by atoms with Crippen molar-refractivity contribution in [2.75, 3.05) is 26.3 Å². The maximum absolute atomic E-state index is 10.9.